The molecule has 5 rings (SSSR count). The monoisotopic (exact) mass is 552 g/mol. The molecule has 39 heavy (non-hydrogen) atoms. The molecule has 0 amide bonds. The average molecular weight is 553 g/mol. The molecule has 2 saturated heterocycles. The Balaban J connectivity index is 1.49. The molecule has 2 N–H and O–H groups in total. The second-order valence-corrected chi connectivity index (χ2v) is 12.3. The van der Waals surface area contributed by atoms with Gasteiger partial charge in [0.1, 0.15) is 23.1 Å². The Morgan fingerprint density at radius 1 is 1.15 bits per heavy atom. The van der Waals surface area contributed by atoms with Crippen molar-refractivity contribution in [2.75, 3.05) is 61.6 Å². The Kier molecular flexibility index (Phi) is 8.04. The predicted molar refractivity (Wildman–Crippen MR) is 151 cm³/mol. The summed E-state index contributed by atoms with van der Waals surface area (Å²) in [4.78, 5) is 5.27. The summed E-state index contributed by atoms with van der Waals surface area (Å²) in [5, 5.41) is 11.8. The van der Waals surface area contributed by atoms with E-state index in [4.69, 9.17) is 16.4 Å². The van der Waals surface area contributed by atoms with Crippen LogP contribution in [0.15, 0.2) is 42.5 Å². The van der Waals surface area contributed by atoms with E-state index in [1.807, 2.05) is 29.2 Å². The van der Waals surface area contributed by atoms with E-state index in [0.29, 0.717) is 47.5 Å². The highest BCUT2D eigenvalue weighted by Crippen LogP contribution is 2.35. The van der Waals surface area contributed by atoms with Crippen molar-refractivity contribution in [3.63, 3.8) is 0 Å². The fourth-order valence-corrected chi connectivity index (χ4v) is 6.37. The lowest BCUT2D eigenvalue weighted by Crippen LogP contribution is -2.40. The number of ether oxygens (including phenoxy) is 1. The van der Waals surface area contributed by atoms with Gasteiger partial charge in [-0.2, -0.15) is 0 Å². The quantitative estimate of drug-likeness (QED) is 0.423. The highest BCUT2D eigenvalue weighted by Gasteiger charge is 2.24. The lowest BCUT2D eigenvalue weighted by atomic mass is 10.0. The molecule has 0 unspecified atom stereocenters. The third-order valence-electron chi connectivity index (χ3n) is 7.44. The fraction of sp³-hybridized carbons (Fsp3) is 0.429. The fourth-order valence-electron chi connectivity index (χ4n) is 5.17. The summed E-state index contributed by atoms with van der Waals surface area (Å²) in [6.45, 7) is 10.9. The zero-order valence-corrected chi connectivity index (χ0v) is 22.8. The standard InChI is InChI=1S/C28H33FN6O3S/c1-30-24-7-5-21(16-23(24)29)26-18-28(32-19-20-4-3-10-31-11-9-20)33-35(26)25-8-6-22(17-27(25)38-2)34-12-14-39(36,37)15-13-34/h5-8,16-18,20,31H,3-4,9-15,19H2,2H3,(H,32,33)/t20-/m0/s1. The van der Waals surface area contributed by atoms with Crippen LogP contribution in [-0.4, -0.2) is 69.5 Å². The first kappa shape index (κ1) is 27.0. The van der Waals surface area contributed by atoms with E-state index in [2.05, 4.69) is 15.5 Å². The van der Waals surface area contributed by atoms with Crippen LogP contribution >= 0.6 is 0 Å². The molecule has 1 atom stereocenters. The van der Waals surface area contributed by atoms with Crippen molar-refractivity contribution in [2.24, 2.45) is 5.92 Å². The zero-order valence-electron chi connectivity index (χ0n) is 22.0. The highest BCUT2D eigenvalue weighted by atomic mass is 32.2. The number of sulfone groups is 1. The third-order valence-corrected chi connectivity index (χ3v) is 9.05. The SMILES string of the molecule is [C-]#[N+]c1ccc(-c2cc(NC[C@H]3CCCNCC3)nn2-c2ccc(N3CCS(=O)(=O)CC3)cc2OC)cc1F. The largest absolute Gasteiger partial charge is 0.494 e. The molecule has 0 saturated carbocycles. The van der Waals surface area contributed by atoms with E-state index < -0.39 is 15.7 Å². The van der Waals surface area contributed by atoms with Gasteiger partial charge in [-0.3, -0.25) is 0 Å². The number of hydrogen-bond acceptors (Lipinski definition) is 7. The number of nitrogens with zero attached hydrogens (tertiary/aromatic N) is 4. The molecule has 9 nitrogen and oxygen atoms in total. The number of halogens is 1. The number of anilines is 2. The Bertz CT molecular complexity index is 1460. The first-order chi connectivity index (χ1) is 18.9. The van der Waals surface area contributed by atoms with E-state index >= 15 is 0 Å². The molecule has 0 spiro atoms. The molecule has 3 heterocycles. The lowest BCUT2D eigenvalue weighted by molar-refractivity contribution is 0.412. The van der Waals surface area contributed by atoms with Crippen LogP contribution in [0.1, 0.15) is 19.3 Å². The van der Waals surface area contributed by atoms with Crippen molar-refractivity contribution < 1.29 is 17.5 Å². The number of nitrogens with one attached hydrogen (secondary N) is 2. The van der Waals surface area contributed by atoms with Gasteiger partial charge >= 0.3 is 0 Å². The van der Waals surface area contributed by atoms with Gasteiger partial charge in [-0.25, -0.2) is 22.3 Å². The Labute approximate surface area is 228 Å². The minimum Gasteiger partial charge on any atom is -0.494 e. The smallest absolute Gasteiger partial charge is 0.222 e. The minimum atomic E-state index is -3.00. The number of methoxy groups -OCH3 is 1. The third kappa shape index (κ3) is 6.18. The van der Waals surface area contributed by atoms with Gasteiger partial charge in [0, 0.05) is 43.0 Å². The Hall–Kier alpha value is -3.62. The molecule has 2 fully saturated rings. The molecular formula is C28H33FN6O3S. The van der Waals surface area contributed by atoms with Crippen LogP contribution in [0.25, 0.3) is 21.8 Å². The molecule has 3 aromatic rings. The van der Waals surface area contributed by atoms with Crippen LogP contribution in [0.5, 0.6) is 5.75 Å². The second-order valence-electron chi connectivity index (χ2n) is 10.0. The van der Waals surface area contributed by atoms with Gasteiger partial charge in [0.15, 0.2) is 9.84 Å². The van der Waals surface area contributed by atoms with Gasteiger partial charge in [-0.15, -0.1) is 5.10 Å². The summed E-state index contributed by atoms with van der Waals surface area (Å²) in [5.41, 5.74) is 2.75. The normalized spacial score (nSPS) is 19.2. The van der Waals surface area contributed by atoms with Crippen LogP contribution in [0.3, 0.4) is 0 Å². The molecule has 2 aromatic carbocycles. The summed E-state index contributed by atoms with van der Waals surface area (Å²) in [6, 6.07) is 12.1. The van der Waals surface area contributed by atoms with Gasteiger partial charge in [-0.1, -0.05) is 12.1 Å². The lowest BCUT2D eigenvalue weighted by Gasteiger charge is -2.29. The van der Waals surface area contributed by atoms with Gasteiger partial charge in [0.25, 0.3) is 0 Å². The number of aromatic nitrogens is 2. The highest BCUT2D eigenvalue weighted by molar-refractivity contribution is 7.91. The maximum absolute atomic E-state index is 14.6. The van der Waals surface area contributed by atoms with E-state index in [9.17, 15) is 12.8 Å². The molecule has 1 aromatic heterocycles. The van der Waals surface area contributed by atoms with Crippen molar-refractivity contribution in [1.82, 2.24) is 15.1 Å². The number of hydrogen-bond donors (Lipinski definition) is 2. The average Bonchev–Trinajstić information content (AvgIpc) is 3.18. The van der Waals surface area contributed by atoms with Crippen molar-refractivity contribution in [1.29, 1.82) is 0 Å². The summed E-state index contributed by atoms with van der Waals surface area (Å²) in [5.74, 6) is 1.43. The van der Waals surface area contributed by atoms with Crippen LogP contribution in [0, 0.1) is 18.3 Å². The summed E-state index contributed by atoms with van der Waals surface area (Å²) in [7, 11) is -1.42. The van der Waals surface area contributed by atoms with Crippen LogP contribution in [0.2, 0.25) is 0 Å². The van der Waals surface area contributed by atoms with Crippen LogP contribution < -0.4 is 20.3 Å². The van der Waals surface area contributed by atoms with E-state index in [1.165, 1.54) is 12.1 Å². The molecule has 206 valence electrons. The van der Waals surface area contributed by atoms with Crippen LogP contribution in [0.4, 0.5) is 21.6 Å². The first-order valence-electron chi connectivity index (χ1n) is 13.2. The Morgan fingerprint density at radius 2 is 1.97 bits per heavy atom. The topological polar surface area (TPSA) is 92.9 Å². The van der Waals surface area contributed by atoms with Gasteiger partial charge < -0.3 is 20.3 Å². The molecule has 0 radical (unpaired) electrons. The zero-order chi connectivity index (χ0) is 27.4. The van der Waals surface area contributed by atoms with E-state index in [0.717, 1.165) is 44.6 Å². The van der Waals surface area contributed by atoms with Crippen molar-refractivity contribution in [3.8, 4) is 22.7 Å². The van der Waals surface area contributed by atoms with Gasteiger partial charge in [0.2, 0.25) is 5.69 Å². The summed E-state index contributed by atoms with van der Waals surface area (Å²) >= 11 is 0. The van der Waals surface area contributed by atoms with Crippen molar-refractivity contribution >= 4 is 27.0 Å². The summed E-state index contributed by atoms with van der Waals surface area (Å²) < 4.78 is 45.9. The van der Waals surface area contributed by atoms with Gasteiger partial charge in [-0.05, 0) is 56.5 Å². The molecule has 0 bridgehead atoms. The Morgan fingerprint density at radius 3 is 2.72 bits per heavy atom. The van der Waals surface area contributed by atoms with Gasteiger partial charge in [0.05, 0.1) is 30.9 Å². The minimum absolute atomic E-state index is 0.0318. The van der Waals surface area contributed by atoms with Crippen LogP contribution in [-0.2, 0) is 9.84 Å². The molecule has 0 aliphatic carbocycles. The predicted octanol–water partition coefficient (Wildman–Crippen LogP) is 4.27. The number of benzene rings is 2. The second kappa shape index (κ2) is 11.6. The molecule has 11 heteroatoms. The first-order valence-corrected chi connectivity index (χ1v) is 15.0. The maximum Gasteiger partial charge on any atom is 0.222 e. The summed E-state index contributed by atoms with van der Waals surface area (Å²) in [6.07, 6.45) is 3.38. The molecule has 2 aliphatic rings. The molecule has 2 aliphatic heterocycles. The number of rotatable bonds is 7. The van der Waals surface area contributed by atoms with E-state index in [1.54, 1.807) is 17.9 Å². The van der Waals surface area contributed by atoms with Crippen molar-refractivity contribution in [3.05, 3.63) is 59.7 Å². The van der Waals surface area contributed by atoms with Crippen molar-refractivity contribution in [2.45, 2.75) is 19.3 Å². The molecular weight excluding hydrogens is 519 g/mol. The maximum atomic E-state index is 14.6. The van der Waals surface area contributed by atoms with E-state index in [-0.39, 0.29) is 17.2 Å².